The van der Waals surface area contributed by atoms with Crippen LogP contribution in [0.25, 0.3) is 10.9 Å². The number of hydrogen-bond acceptors (Lipinski definition) is 6. The molecule has 0 atom stereocenters. The Balaban J connectivity index is 1.66. The first-order valence-corrected chi connectivity index (χ1v) is 10.1. The zero-order valence-electron chi connectivity index (χ0n) is 18.1. The van der Waals surface area contributed by atoms with Crippen molar-refractivity contribution >= 4 is 23.0 Å². The third-order valence-electron chi connectivity index (χ3n) is 5.02. The van der Waals surface area contributed by atoms with Gasteiger partial charge in [-0.2, -0.15) is 0 Å². The zero-order valence-corrected chi connectivity index (χ0v) is 18.1. The highest BCUT2D eigenvalue weighted by atomic mass is 16.7. The monoisotopic (exact) mass is 411 g/mol. The average Bonchev–Trinajstić information content (AvgIpc) is 3.09. The molecule has 160 valence electrons. The largest absolute Gasteiger partial charge is 0.424 e. The maximum atomic E-state index is 12.7. The van der Waals surface area contributed by atoms with Crippen molar-refractivity contribution in [2.24, 2.45) is 0 Å². The van der Waals surface area contributed by atoms with Crippen molar-refractivity contribution in [1.82, 2.24) is 14.4 Å². The van der Waals surface area contributed by atoms with Gasteiger partial charge in [0, 0.05) is 37.3 Å². The van der Waals surface area contributed by atoms with Gasteiger partial charge in [0.05, 0.1) is 11.1 Å². The summed E-state index contributed by atoms with van der Waals surface area (Å²) in [5.41, 5.74) is 3.52. The van der Waals surface area contributed by atoms with Crippen LogP contribution >= 0.6 is 0 Å². The second-order valence-electron chi connectivity index (χ2n) is 7.63. The van der Waals surface area contributed by atoms with Gasteiger partial charge in [0.2, 0.25) is 6.79 Å². The van der Waals surface area contributed by atoms with E-state index in [9.17, 15) is 9.59 Å². The number of aromatic nitrogens is 1. The van der Waals surface area contributed by atoms with Crippen molar-refractivity contribution in [2.75, 3.05) is 34.0 Å². The lowest BCUT2D eigenvalue weighted by molar-refractivity contribution is -0.147. The molecule has 0 saturated heterocycles. The Morgan fingerprint density at radius 1 is 1.20 bits per heavy atom. The van der Waals surface area contributed by atoms with E-state index in [0.717, 1.165) is 41.5 Å². The molecule has 30 heavy (non-hydrogen) atoms. The maximum Gasteiger partial charge on any atom is 0.421 e. The summed E-state index contributed by atoms with van der Waals surface area (Å²) in [4.78, 5) is 28.9. The Hall–Kier alpha value is -3.06. The SMILES string of the molecule is CCN1C=CCC(C(=O)OCOC(=O)n2cc(CCN(C)C)c3cc(C)ccc32)=C1. The summed E-state index contributed by atoms with van der Waals surface area (Å²) in [6.07, 6.45) is 8.13. The highest BCUT2D eigenvalue weighted by Crippen LogP contribution is 2.24. The van der Waals surface area contributed by atoms with Crippen LogP contribution in [0.3, 0.4) is 0 Å². The number of esters is 1. The summed E-state index contributed by atoms with van der Waals surface area (Å²) in [5, 5.41) is 1.03. The lowest BCUT2D eigenvalue weighted by Crippen LogP contribution is -2.20. The number of benzene rings is 1. The first kappa shape index (κ1) is 21.6. The second-order valence-corrected chi connectivity index (χ2v) is 7.63. The molecule has 0 radical (unpaired) electrons. The van der Waals surface area contributed by atoms with Crippen LogP contribution < -0.4 is 0 Å². The van der Waals surface area contributed by atoms with E-state index in [-0.39, 0.29) is 0 Å². The molecule has 3 rings (SSSR count). The van der Waals surface area contributed by atoms with E-state index in [2.05, 4.69) is 11.0 Å². The fraction of sp³-hybridized carbons (Fsp3) is 0.391. The van der Waals surface area contributed by atoms with E-state index in [0.29, 0.717) is 12.0 Å². The van der Waals surface area contributed by atoms with Crippen molar-refractivity contribution in [3.05, 3.63) is 59.6 Å². The number of ether oxygens (including phenoxy) is 2. The minimum absolute atomic E-state index is 0.427. The molecule has 7 nitrogen and oxygen atoms in total. The third kappa shape index (κ3) is 5.10. The molecule has 1 aromatic heterocycles. The first-order chi connectivity index (χ1) is 14.4. The molecule has 0 spiro atoms. The fourth-order valence-corrected chi connectivity index (χ4v) is 3.35. The lowest BCUT2D eigenvalue weighted by Gasteiger charge is -2.18. The molecule has 1 aliphatic rings. The van der Waals surface area contributed by atoms with Crippen molar-refractivity contribution in [1.29, 1.82) is 0 Å². The minimum Gasteiger partial charge on any atom is -0.424 e. The Morgan fingerprint density at radius 3 is 2.73 bits per heavy atom. The number of allylic oxidation sites excluding steroid dienone is 1. The average molecular weight is 412 g/mol. The number of likely N-dealkylation sites (N-methyl/N-ethyl adjacent to an activating group) is 1. The predicted molar refractivity (Wildman–Crippen MR) is 116 cm³/mol. The summed E-state index contributed by atoms with van der Waals surface area (Å²) in [7, 11) is 4.04. The minimum atomic E-state index is -0.569. The van der Waals surface area contributed by atoms with E-state index in [1.807, 2.05) is 63.4 Å². The van der Waals surface area contributed by atoms with Crippen molar-refractivity contribution < 1.29 is 19.1 Å². The van der Waals surface area contributed by atoms with Crippen molar-refractivity contribution in [3.8, 4) is 0 Å². The summed E-state index contributed by atoms with van der Waals surface area (Å²) >= 11 is 0. The molecule has 1 aromatic carbocycles. The highest BCUT2D eigenvalue weighted by Gasteiger charge is 2.17. The van der Waals surface area contributed by atoms with Gasteiger partial charge in [-0.25, -0.2) is 9.59 Å². The molecular formula is C23H29N3O4. The smallest absolute Gasteiger partial charge is 0.421 e. The molecule has 0 bridgehead atoms. The molecule has 0 saturated carbocycles. The van der Waals surface area contributed by atoms with E-state index in [1.165, 1.54) is 4.57 Å². The van der Waals surface area contributed by atoms with Crippen LogP contribution in [0.5, 0.6) is 0 Å². The lowest BCUT2D eigenvalue weighted by atomic mass is 10.1. The van der Waals surface area contributed by atoms with Crippen molar-refractivity contribution in [2.45, 2.75) is 26.7 Å². The first-order valence-electron chi connectivity index (χ1n) is 10.1. The molecule has 0 amide bonds. The molecule has 2 aromatic rings. The van der Waals surface area contributed by atoms with Crippen molar-refractivity contribution in [3.63, 3.8) is 0 Å². The summed E-state index contributed by atoms with van der Waals surface area (Å²) in [6, 6.07) is 5.95. The number of carbonyl (C=O) groups excluding carboxylic acids is 2. The molecule has 2 heterocycles. The van der Waals surface area contributed by atoms with Crippen LogP contribution in [0.2, 0.25) is 0 Å². The molecule has 0 aliphatic carbocycles. The summed E-state index contributed by atoms with van der Waals surface area (Å²) in [6.45, 7) is 5.23. The van der Waals surface area contributed by atoms with Gasteiger partial charge in [0.1, 0.15) is 0 Å². The van der Waals surface area contributed by atoms with E-state index >= 15 is 0 Å². The van der Waals surface area contributed by atoms with Gasteiger partial charge in [-0.15, -0.1) is 0 Å². The summed E-state index contributed by atoms with van der Waals surface area (Å²) in [5.74, 6) is -0.481. The van der Waals surface area contributed by atoms with Gasteiger partial charge in [0.15, 0.2) is 0 Å². The number of aryl methyl sites for hydroxylation is 1. The zero-order chi connectivity index (χ0) is 21.7. The molecule has 0 N–H and O–H groups in total. The highest BCUT2D eigenvalue weighted by molar-refractivity contribution is 5.92. The fourth-order valence-electron chi connectivity index (χ4n) is 3.35. The molecule has 7 heteroatoms. The number of hydrogen-bond donors (Lipinski definition) is 0. The molecule has 1 aliphatic heterocycles. The number of carbonyl (C=O) groups is 2. The topological polar surface area (TPSA) is 64.0 Å². The Labute approximate surface area is 177 Å². The number of fused-ring (bicyclic) bond motifs is 1. The third-order valence-corrected chi connectivity index (χ3v) is 5.02. The van der Waals surface area contributed by atoms with Gasteiger partial charge in [-0.1, -0.05) is 17.7 Å². The molecule has 0 fully saturated rings. The van der Waals surface area contributed by atoms with Crippen LogP contribution in [0.4, 0.5) is 4.79 Å². The van der Waals surface area contributed by atoms with Gasteiger partial charge in [-0.05, 0) is 58.3 Å². The van der Waals surface area contributed by atoms with Crippen LogP contribution in [0.15, 0.2) is 48.4 Å². The molecular weight excluding hydrogens is 382 g/mol. The maximum absolute atomic E-state index is 12.7. The Kier molecular flexibility index (Phi) is 6.95. The number of rotatable bonds is 7. The van der Waals surface area contributed by atoms with Gasteiger partial charge in [0.25, 0.3) is 0 Å². The van der Waals surface area contributed by atoms with Gasteiger partial charge >= 0.3 is 12.1 Å². The number of nitrogens with zero attached hydrogens (tertiary/aromatic N) is 3. The van der Waals surface area contributed by atoms with E-state index in [4.69, 9.17) is 9.47 Å². The standard InChI is InChI=1S/C23H29N3O4/c1-5-25-11-6-7-19(14-25)22(27)29-16-30-23(28)26-15-18(10-12-24(3)4)20-13-17(2)8-9-21(20)26/h6,8-9,11,13-15H,5,7,10,12,16H2,1-4H3. The van der Waals surface area contributed by atoms with Crippen LogP contribution in [-0.2, 0) is 20.7 Å². The molecule has 0 unspecified atom stereocenters. The van der Waals surface area contributed by atoms with Gasteiger partial charge in [-0.3, -0.25) is 4.57 Å². The Bertz CT molecular complexity index is 988. The van der Waals surface area contributed by atoms with Crippen LogP contribution in [0, 0.1) is 6.92 Å². The Morgan fingerprint density at radius 2 is 2.00 bits per heavy atom. The summed E-state index contributed by atoms with van der Waals surface area (Å²) < 4.78 is 11.9. The predicted octanol–water partition coefficient (Wildman–Crippen LogP) is 3.66. The van der Waals surface area contributed by atoms with E-state index in [1.54, 1.807) is 6.20 Å². The normalized spacial score (nSPS) is 13.6. The van der Waals surface area contributed by atoms with Crippen LogP contribution in [0.1, 0.15) is 24.5 Å². The van der Waals surface area contributed by atoms with Gasteiger partial charge < -0.3 is 19.3 Å². The van der Waals surface area contributed by atoms with E-state index < -0.39 is 18.9 Å². The van der Waals surface area contributed by atoms with Crippen LogP contribution in [-0.4, -0.2) is 60.4 Å². The quantitative estimate of drug-likeness (QED) is 0.512. The second kappa shape index (κ2) is 9.63.